The second kappa shape index (κ2) is 7.92. The van der Waals surface area contributed by atoms with Crippen molar-refractivity contribution in [2.75, 3.05) is 19.6 Å². The van der Waals surface area contributed by atoms with Crippen molar-refractivity contribution >= 4 is 11.8 Å². The van der Waals surface area contributed by atoms with Crippen LogP contribution in [0, 0.1) is 6.92 Å². The maximum atomic E-state index is 12.2. The van der Waals surface area contributed by atoms with Gasteiger partial charge in [-0.3, -0.25) is 9.59 Å². The van der Waals surface area contributed by atoms with Crippen molar-refractivity contribution in [3.8, 4) is 11.5 Å². The summed E-state index contributed by atoms with van der Waals surface area (Å²) in [4.78, 5) is 30.1. The van der Waals surface area contributed by atoms with Gasteiger partial charge in [0.15, 0.2) is 5.82 Å². The van der Waals surface area contributed by atoms with Gasteiger partial charge in [-0.1, -0.05) is 11.6 Å². The average molecular weight is 342 g/mol. The van der Waals surface area contributed by atoms with Crippen molar-refractivity contribution < 1.29 is 14.1 Å². The van der Waals surface area contributed by atoms with Gasteiger partial charge in [0.1, 0.15) is 0 Å². The number of aromatic nitrogens is 2. The van der Waals surface area contributed by atoms with Crippen LogP contribution < -0.4 is 5.32 Å². The second-order valence-electron chi connectivity index (χ2n) is 6.17. The Balaban J connectivity index is 1.52. The summed E-state index contributed by atoms with van der Waals surface area (Å²) in [5, 5.41) is 6.62. The summed E-state index contributed by atoms with van der Waals surface area (Å²) in [5.41, 5.74) is 1.33. The normalized spacial score (nSPS) is 15.1. The average Bonchev–Trinajstić information content (AvgIpc) is 2.95. The van der Waals surface area contributed by atoms with Gasteiger partial charge in [-0.05, 0) is 44.0 Å². The molecular weight excluding hydrogens is 320 g/mol. The SMILES string of the molecule is Cc1noc(-c2ccc(C(=O)NCCN3CCCCCC3=O)cc2)n1. The second-order valence-corrected chi connectivity index (χ2v) is 6.17. The molecule has 7 heteroatoms. The predicted molar refractivity (Wildman–Crippen MR) is 91.9 cm³/mol. The van der Waals surface area contributed by atoms with Crippen LogP contribution >= 0.6 is 0 Å². The summed E-state index contributed by atoms with van der Waals surface area (Å²) < 4.78 is 5.10. The van der Waals surface area contributed by atoms with Crippen molar-refractivity contribution in [2.45, 2.75) is 32.6 Å². The van der Waals surface area contributed by atoms with Crippen molar-refractivity contribution in [3.63, 3.8) is 0 Å². The Kier molecular flexibility index (Phi) is 5.42. The summed E-state index contributed by atoms with van der Waals surface area (Å²) >= 11 is 0. The number of nitrogens with zero attached hydrogens (tertiary/aromatic N) is 3. The molecule has 2 amide bonds. The maximum absolute atomic E-state index is 12.2. The number of nitrogens with one attached hydrogen (secondary N) is 1. The first-order chi connectivity index (χ1) is 12.1. The number of hydrogen-bond donors (Lipinski definition) is 1. The van der Waals surface area contributed by atoms with Crippen LogP contribution in [0.5, 0.6) is 0 Å². The van der Waals surface area contributed by atoms with E-state index in [4.69, 9.17) is 4.52 Å². The number of carbonyl (C=O) groups excluding carboxylic acids is 2. The summed E-state index contributed by atoms with van der Waals surface area (Å²) in [6.45, 7) is 3.55. The molecule has 1 aliphatic rings. The molecule has 25 heavy (non-hydrogen) atoms. The molecule has 132 valence electrons. The fourth-order valence-corrected chi connectivity index (χ4v) is 2.86. The third-order valence-electron chi connectivity index (χ3n) is 4.26. The first-order valence-corrected chi connectivity index (χ1v) is 8.60. The van der Waals surface area contributed by atoms with Crippen molar-refractivity contribution in [1.29, 1.82) is 0 Å². The third-order valence-corrected chi connectivity index (χ3v) is 4.26. The summed E-state index contributed by atoms with van der Waals surface area (Å²) in [6.07, 6.45) is 3.72. The Morgan fingerprint density at radius 1 is 1.24 bits per heavy atom. The lowest BCUT2D eigenvalue weighted by Crippen LogP contribution is -2.38. The maximum Gasteiger partial charge on any atom is 0.257 e. The minimum absolute atomic E-state index is 0.157. The van der Waals surface area contributed by atoms with Crippen LogP contribution in [0.15, 0.2) is 28.8 Å². The highest BCUT2D eigenvalue weighted by molar-refractivity contribution is 5.94. The van der Waals surface area contributed by atoms with E-state index >= 15 is 0 Å². The highest BCUT2D eigenvalue weighted by Gasteiger charge is 2.16. The molecule has 0 bridgehead atoms. The highest BCUT2D eigenvalue weighted by atomic mass is 16.5. The van der Waals surface area contributed by atoms with E-state index in [-0.39, 0.29) is 11.8 Å². The van der Waals surface area contributed by atoms with Gasteiger partial charge >= 0.3 is 0 Å². The third kappa shape index (κ3) is 4.43. The standard InChI is InChI=1S/C18H22N4O3/c1-13-20-18(25-21-13)15-8-6-14(7-9-15)17(24)19-10-12-22-11-4-2-3-5-16(22)23/h6-9H,2-5,10-12H2,1H3,(H,19,24). The molecule has 0 aliphatic carbocycles. The molecule has 7 nitrogen and oxygen atoms in total. The Morgan fingerprint density at radius 3 is 2.76 bits per heavy atom. The van der Waals surface area contributed by atoms with E-state index in [0.29, 0.717) is 36.8 Å². The zero-order chi connectivity index (χ0) is 17.6. The fraction of sp³-hybridized carbons (Fsp3) is 0.444. The van der Waals surface area contributed by atoms with Crippen LogP contribution in [0.3, 0.4) is 0 Å². The number of amides is 2. The van der Waals surface area contributed by atoms with Crippen molar-refractivity contribution in [1.82, 2.24) is 20.4 Å². The van der Waals surface area contributed by atoms with E-state index in [9.17, 15) is 9.59 Å². The van der Waals surface area contributed by atoms with Gasteiger partial charge in [0.05, 0.1) is 0 Å². The Labute approximate surface area is 146 Å². The number of benzene rings is 1. The molecule has 0 spiro atoms. The molecule has 2 heterocycles. The highest BCUT2D eigenvalue weighted by Crippen LogP contribution is 2.17. The van der Waals surface area contributed by atoms with E-state index in [1.54, 1.807) is 31.2 Å². The number of aryl methyl sites for hydroxylation is 1. The molecule has 1 aromatic carbocycles. The Hall–Kier alpha value is -2.70. The molecule has 1 aromatic heterocycles. The molecule has 1 fully saturated rings. The van der Waals surface area contributed by atoms with Gasteiger partial charge in [-0.2, -0.15) is 4.98 Å². The van der Waals surface area contributed by atoms with Gasteiger partial charge in [0, 0.05) is 37.2 Å². The van der Waals surface area contributed by atoms with Gasteiger partial charge < -0.3 is 14.7 Å². The van der Waals surface area contributed by atoms with Crippen LogP contribution in [0.4, 0.5) is 0 Å². The molecule has 1 aliphatic heterocycles. The molecule has 0 saturated carbocycles. The van der Waals surface area contributed by atoms with Crippen molar-refractivity contribution in [3.05, 3.63) is 35.7 Å². The first kappa shape index (κ1) is 17.1. The molecule has 0 atom stereocenters. The predicted octanol–water partition coefficient (Wildman–Crippen LogP) is 2.18. The lowest BCUT2D eigenvalue weighted by atomic mass is 10.1. The smallest absolute Gasteiger partial charge is 0.257 e. The van der Waals surface area contributed by atoms with Gasteiger partial charge in [-0.25, -0.2) is 0 Å². The summed E-state index contributed by atoms with van der Waals surface area (Å²) in [6, 6.07) is 7.00. The van der Waals surface area contributed by atoms with E-state index in [1.165, 1.54) is 0 Å². The number of hydrogen-bond acceptors (Lipinski definition) is 5. The van der Waals surface area contributed by atoms with Crippen molar-refractivity contribution in [2.24, 2.45) is 0 Å². The minimum atomic E-state index is -0.157. The molecule has 1 N–H and O–H groups in total. The van der Waals surface area contributed by atoms with Crippen LogP contribution in [0.1, 0.15) is 41.9 Å². The van der Waals surface area contributed by atoms with Gasteiger partial charge in [-0.15, -0.1) is 0 Å². The monoisotopic (exact) mass is 342 g/mol. The van der Waals surface area contributed by atoms with E-state index in [1.807, 2.05) is 4.90 Å². The number of likely N-dealkylation sites (tertiary alicyclic amines) is 1. The molecule has 0 radical (unpaired) electrons. The first-order valence-electron chi connectivity index (χ1n) is 8.60. The zero-order valence-corrected chi connectivity index (χ0v) is 14.3. The van der Waals surface area contributed by atoms with Gasteiger partial charge in [0.2, 0.25) is 5.91 Å². The zero-order valence-electron chi connectivity index (χ0n) is 14.3. The molecule has 3 rings (SSSR count). The topological polar surface area (TPSA) is 88.3 Å². The van der Waals surface area contributed by atoms with Crippen LogP contribution in [-0.4, -0.2) is 46.5 Å². The van der Waals surface area contributed by atoms with Gasteiger partial charge in [0.25, 0.3) is 11.8 Å². The van der Waals surface area contributed by atoms with E-state index in [0.717, 1.165) is 31.4 Å². The van der Waals surface area contributed by atoms with Crippen LogP contribution in [-0.2, 0) is 4.79 Å². The van der Waals surface area contributed by atoms with E-state index < -0.39 is 0 Å². The Morgan fingerprint density at radius 2 is 2.04 bits per heavy atom. The molecular formula is C18H22N4O3. The number of rotatable bonds is 5. The minimum Gasteiger partial charge on any atom is -0.350 e. The summed E-state index contributed by atoms with van der Waals surface area (Å²) in [5.74, 6) is 1.03. The van der Waals surface area contributed by atoms with E-state index in [2.05, 4.69) is 15.5 Å². The largest absolute Gasteiger partial charge is 0.350 e. The van der Waals surface area contributed by atoms with Crippen LogP contribution in [0.25, 0.3) is 11.5 Å². The van der Waals surface area contributed by atoms with Crippen LogP contribution in [0.2, 0.25) is 0 Å². The molecule has 2 aromatic rings. The fourth-order valence-electron chi connectivity index (χ4n) is 2.86. The molecule has 1 saturated heterocycles. The molecule has 0 unspecified atom stereocenters. The lowest BCUT2D eigenvalue weighted by Gasteiger charge is -2.20. The quantitative estimate of drug-likeness (QED) is 0.900. The number of carbonyl (C=O) groups is 2. The Bertz CT molecular complexity index is 739. The lowest BCUT2D eigenvalue weighted by molar-refractivity contribution is -0.130. The summed E-state index contributed by atoms with van der Waals surface area (Å²) in [7, 11) is 0.